The lowest BCUT2D eigenvalue weighted by atomic mass is 10.1. The second-order valence-electron chi connectivity index (χ2n) is 5.44. The van der Waals surface area contributed by atoms with Crippen molar-refractivity contribution in [2.24, 2.45) is 5.10 Å². The van der Waals surface area contributed by atoms with Crippen molar-refractivity contribution in [2.75, 3.05) is 5.73 Å². The summed E-state index contributed by atoms with van der Waals surface area (Å²) in [4.78, 5) is 4.07. The fraction of sp³-hybridized carbons (Fsp3) is 0.111. The highest BCUT2D eigenvalue weighted by molar-refractivity contribution is 5.79. The van der Waals surface area contributed by atoms with Crippen LogP contribution in [0, 0.1) is 18.6 Å². The van der Waals surface area contributed by atoms with Crippen molar-refractivity contribution < 1.29 is 13.5 Å². The molecule has 1 heterocycles. The van der Waals surface area contributed by atoms with Crippen LogP contribution in [0.15, 0.2) is 53.8 Å². The standard InChI is InChI=1S/C18H16F2N4O/c1-12-10-24(18(21)23-12)22-9-13-3-2-4-14(7-13)11-25-15-5-6-16(19)17(20)8-15/h2-10H,11H2,1H3,(H2,21,23). The number of rotatable bonds is 5. The zero-order valence-electron chi connectivity index (χ0n) is 13.5. The molecule has 0 saturated carbocycles. The second-order valence-corrected chi connectivity index (χ2v) is 5.44. The van der Waals surface area contributed by atoms with Gasteiger partial charge in [0.05, 0.1) is 18.1 Å². The molecule has 5 nitrogen and oxygen atoms in total. The summed E-state index contributed by atoms with van der Waals surface area (Å²) in [6.45, 7) is 2.05. The van der Waals surface area contributed by atoms with Crippen molar-refractivity contribution in [1.29, 1.82) is 0 Å². The molecule has 0 atom stereocenters. The predicted molar refractivity (Wildman–Crippen MR) is 91.5 cm³/mol. The van der Waals surface area contributed by atoms with Crippen molar-refractivity contribution in [2.45, 2.75) is 13.5 Å². The Morgan fingerprint density at radius 1 is 1.20 bits per heavy atom. The van der Waals surface area contributed by atoms with E-state index in [1.807, 2.05) is 31.2 Å². The Morgan fingerprint density at radius 3 is 2.76 bits per heavy atom. The maximum atomic E-state index is 13.2. The highest BCUT2D eigenvalue weighted by Gasteiger charge is 2.04. The number of benzene rings is 2. The molecule has 128 valence electrons. The molecule has 0 aliphatic heterocycles. The molecule has 25 heavy (non-hydrogen) atoms. The Kier molecular flexibility index (Phi) is 4.74. The van der Waals surface area contributed by atoms with E-state index in [2.05, 4.69) is 10.1 Å². The minimum atomic E-state index is -0.938. The first-order valence-electron chi connectivity index (χ1n) is 7.54. The highest BCUT2D eigenvalue weighted by Crippen LogP contribution is 2.17. The average molecular weight is 342 g/mol. The topological polar surface area (TPSA) is 65.4 Å². The van der Waals surface area contributed by atoms with E-state index in [1.54, 1.807) is 12.4 Å². The second kappa shape index (κ2) is 7.12. The van der Waals surface area contributed by atoms with Gasteiger partial charge in [-0.1, -0.05) is 18.2 Å². The van der Waals surface area contributed by atoms with Crippen molar-refractivity contribution in [1.82, 2.24) is 9.66 Å². The van der Waals surface area contributed by atoms with Crippen molar-refractivity contribution in [3.05, 3.63) is 77.1 Å². The van der Waals surface area contributed by atoms with Gasteiger partial charge in [0.25, 0.3) is 0 Å². The minimum absolute atomic E-state index is 0.221. The maximum Gasteiger partial charge on any atom is 0.221 e. The molecule has 1 aromatic heterocycles. The number of nitrogens with zero attached hydrogens (tertiary/aromatic N) is 3. The Hall–Kier alpha value is -3.22. The number of anilines is 1. The average Bonchev–Trinajstić information content (AvgIpc) is 2.92. The maximum absolute atomic E-state index is 13.2. The van der Waals surface area contributed by atoms with Gasteiger partial charge < -0.3 is 10.5 Å². The lowest BCUT2D eigenvalue weighted by Gasteiger charge is -2.07. The summed E-state index contributed by atoms with van der Waals surface area (Å²) in [5.74, 6) is -1.27. The molecule has 0 unspecified atom stereocenters. The van der Waals surface area contributed by atoms with E-state index in [4.69, 9.17) is 10.5 Å². The van der Waals surface area contributed by atoms with Gasteiger partial charge in [0.1, 0.15) is 12.4 Å². The third kappa shape index (κ3) is 4.20. The number of ether oxygens (including phenoxy) is 1. The van der Waals surface area contributed by atoms with Gasteiger partial charge in [-0.05, 0) is 36.2 Å². The van der Waals surface area contributed by atoms with Crippen LogP contribution < -0.4 is 10.5 Å². The van der Waals surface area contributed by atoms with E-state index >= 15 is 0 Å². The molecule has 0 amide bonds. The Balaban J connectivity index is 1.68. The number of nitrogen functional groups attached to an aromatic ring is 1. The van der Waals surface area contributed by atoms with E-state index in [0.717, 1.165) is 29.0 Å². The zero-order valence-corrected chi connectivity index (χ0v) is 13.5. The number of imidazole rings is 1. The van der Waals surface area contributed by atoms with E-state index in [0.29, 0.717) is 5.95 Å². The summed E-state index contributed by atoms with van der Waals surface area (Å²) in [6, 6.07) is 10.9. The van der Waals surface area contributed by atoms with Crippen LogP contribution in [0.5, 0.6) is 5.75 Å². The van der Waals surface area contributed by atoms with Gasteiger partial charge in [-0.2, -0.15) is 5.10 Å². The van der Waals surface area contributed by atoms with Crippen LogP contribution in [0.4, 0.5) is 14.7 Å². The van der Waals surface area contributed by atoms with Gasteiger partial charge in [0.2, 0.25) is 5.95 Å². The van der Waals surface area contributed by atoms with E-state index < -0.39 is 11.6 Å². The lowest BCUT2D eigenvalue weighted by Crippen LogP contribution is -1.99. The smallest absolute Gasteiger partial charge is 0.221 e. The lowest BCUT2D eigenvalue weighted by molar-refractivity contribution is 0.303. The van der Waals surface area contributed by atoms with Gasteiger partial charge >= 0.3 is 0 Å². The minimum Gasteiger partial charge on any atom is -0.489 e. The summed E-state index contributed by atoms with van der Waals surface area (Å²) in [5, 5.41) is 4.25. The Bertz CT molecular complexity index is 921. The summed E-state index contributed by atoms with van der Waals surface area (Å²) in [6.07, 6.45) is 3.38. The molecule has 0 radical (unpaired) electrons. The van der Waals surface area contributed by atoms with Crippen LogP contribution >= 0.6 is 0 Å². The monoisotopic (exact) mass is 342 g/mol. The first kappa shape index (κ1) is 16.6. The van der Waals surface area contributed by atoms with Crippen molar-refractivity contribution in [3.63, 3.8) is 0 Å². The van der Waals surface area contributed by atoms with Gasteiger partial charge in [-0.15, -0.1) is 0 Å². The Morgan fingerprint density at radius 2 is 2.04 bits per heavy atom. The van der Waals surface area contributed by atoms with Gasteiger partial charge in [-0.25, -0.2) is 18.4 Å². The summed E-state index contributed by atoms with van der Waals surface area (Å²) < 4.78 is 33.1. The van der Waals surface area contributed by atoms with E-state index in [9.17, 15) is 8.78 Å². The highest BCUT2D eigenvalue weighted by atomic mass is 19.2. The quantitative estimate of drug-likeness (QED) is 0.722. The van der Waals surface area contributed by atoms with Gasteiger partial charge in [-0.3, -0.25) is 0 Å². The number of hydrogen-bond acceptors (Lipinski definition) is 4. The first-order chi connectivity index (χ1) is 12.0. The summed E-state index contributed by atoms with van der Waals surface area (Å²) in [7, 11) is 0. The van der Waals surface area contributed by atoms with Crippen LogP contribution in [0.3, 0.4) is 0 Å². The molecular formula is C18H16F2N4O. The molecule has 0 aliphatic carbocycles. The van der Waals surface area contributed by atoms with Crippen LogP contribution in [0.1, 0.15) is 16.8 Å². The molecule has 0 saturated heterocycles. The molecular weight excluding hydrogens is 326 g/mol. The summed E-state index contributed by atoms with van der Waals surface area (Å²) >= 11 is 0. The number of nitrogens with two attached hydrogens (primary N) is 1. The normalized spacial score (nSPS) is 11.2. The third-order valence-electron chi connectivity index (χ3n) is 3.41. The molecule has 2 aromatic carbocycles. The SMILES string of the molecule is Cc1cn(N=Cc2cccc(COc3ccc(F)c(F)c3)c2)c(N)n1. The van der Waals surface area contributed by atoms with E-state index in [-0.39, 0.29) is 12.4 Å². The molecule has 2 N–H and O–H groups in total. The van der Waals surface area contributed by atoms with Crippen LogP contribution in [-0.4, -0.2) is 15.9 Å². The third-order valence-corrected chi connectivity index (χ3v) is 3.41. The van der Waals surface area contributed by atoms with Crippen LogP contribution in [0.25, 0.3) is 0 Å². The predicted octanol–water partition coefficient (Wildman–Crippen LogP) is 3.51. The van der Waals surface area contributed by atoms with Gasteiger partial charge in [0, 0.05) is 6.07 Å². The van der Waals surface area contributed by atoms with Crippen molar-refractivity contribution in [3.8, 4) is 5.75 Å². The number of hydrogen-bond donors (Lipinski definition) is 1. The Labute approximate surface area is 143 Å². The van der Waals surface area contributed by atoms with E-state index in [1.165, 1.54) is 10.7 Å². The summed E-state index contributed by atoms with van der Waals surface area (Å²) in [5.41, 5.74) is 8.22. The fourth-order valence-electron chi connectivity index (χ4n) is 2.22. The van der Waals surface area contributed by atoms with Crippen LogP contribution in [-0.2, 0) is 6.61 Å². The molecule has 7 heteroatoms. The number of halogens is 2. The number of aryl methyl sites for hydroxylation is 1. The zero-order chi connectivity index (χ0) is 17.8. The van der Waals surface area contributed by atoms with Gasteiger partial charge in [0.15, 0.2) is 11.6 Å². The van der Waals surface area contributed by atoms with Crippen LogP contribution in [0.2, 0.25) is 0 Å². The molecule has 3 aromatic rings. The first-order valence-corrected chi connectivity index (χ1v) is 7.54. The molecule has 0 fully saturated rings. The largest absolute Gasteiger partial charge is 0.489 e. The molecule has 3 rings (SSSR count). The molecule has 0 spiro atoms. The molecule has 0 aliphatic rings. The number of aromatic nitrogens is 2. The fourth-order valence-corrected chi connectivity index (χ4v) is 2.22. The van der Waals surface area contributed by atoms with Crippen molar-refractivity contribution >= 4 is 12.2 Å². The molecule has 0 bridgehead atoms.